The van der Waals surface area contributed by atoms with E-state index in [0.717, 1.165) is 11.1 Å². The molecule has 0 saturated heterocycles. The summed E-state index contributed by atoms with van der Waals surface area (Å²) in [6.45, 7) is 5.96. The molecule has 2 aromatic carbocycles. The van der Waals surface area contributed by atoms with Crippen molar-refractivity contribution in [3.05, 3.63) is 59.7 Å². The van der Waals surface area contributed by atoms with E-state index in [0.29, 0.717) is 11.1 Å². The molecule has 0 aliphatic carbocycles. The lowest BCUT2D eigenvalue weighted by Gasteiger charge is -2.32. The smallest absolute Gasteiger partial charge is 0.338 e. The van der Waals surface area contributed by atoms with E-state index in [1.807, 2.05) is 51.1 Å². The summed E-state index contributed by atoms with van der Waals surface area (Å²) in [4.78, 5) is 26.4. The van der Waals surface area contributed by atoms with Gasteiger partial charge in [-0.25, -0.2) is 4.79 Å². The van der Waals surface area contributed by atoms with Gasteiger partial charge in [0.05, 0.1) is 12.7 Å². The van der Waals surface area contributed by atoms with Gasteiger partial charge in [-0.3, -0.25) is 4.79 Å². The van der Waals surface area contributed by atoms with Crippen LogP contribution in [0.5, 0.6) is 0 Å². The minimum absolute atomic E-state index is 0.0556. The first-order chi connectivity index (χ1) is 11.3. The fourth-order valence-corrected chi connectivity index (χ4v) is 2.34. The van der Waals surface area contributed by atoms with E-state index < -0.39 is 5.97 Å². The number of hydrogen-bond donors (Lipinski definition) is 0. The molecule has 2 rings (SSSR count). The van der Waals surface area contributed by atoms with Crippen molar-refractivity contribution >= 4 is 11.9 Å². The van der Waals surface area contributed by atoms with E-state index >= 15 is 0 Å². The SMILES string of the molecule is COC(=O)c1ccccc1-c1cccc(C(=O)N(C)C(C)(C)C)c1. The van der Waals surface area contributed by atoms with Crippen molar-refractivity contribution in [3.63, 3.8) is 0 Å². The number of ether oxygens (including phenoxy) is 1. The quantitative estimate of drug-likeness (QED) is 0.801. The number of hydrogen-bond acceptors (Lipinski definition) is 3. The first-order valence-electron chi connectivity index (χ1n) is 7.81. The van der Waals surface area contributed by atoms with Crippen LogP contribution in [-0.2, 0) is 4.74 Å². The van der Waals surface area contributed by atoms with Crippen LogP contribution in [0.1, 0.15) is 41.5 Å². The van der Waals surface area contributed by atoms with E-state index in [1.165, 1.54) is 7.11 Å². The van der Waals surface area contributed by atoms with Crippen LogP contribution < -0.4 is 0 Å². The highest BCUT2D eigenvalue weighted by Gasteiger charge is 2.23. The predicted octanol–water partition coefficient (Wildman–Crippen LogP) is 4.01. The lowest BCUT2D eigenvalue weighted by atomic mass is 9.97. The van der Waals surface area contributed by atoms with Gasteiger partial charge < -0.3 is 9.64 Å². The Hall–Kier alpha value is -2.62. The molecular formula is C20H23NO3. The van der Waals surface area contributed by atoms with E-state index in [-0.39, 0.29) is 11.4 Å². The number of nitrogens with zero attached hydrogens (tertiary/aromatic N) is 1. The molecule has 0 radical (unpaired) electrons. The Morgan fingerprint density at radius 2 is 1.67 bits per heavy atom. The molecule has 0 bridgehead atoms. The van der Waals surface area contributed by atoms with Crippen molar-refractivity contribution in [1.82, 2.24) is 4.90 Å². The van der Waals surface area contributed by atoms with Gasteiger partial charge >= 0.3 is 5.97 Å². The number of benzene rings is 2. The summed E-state index contributed by atoms with van der Waals surface area (Å²) in [6, 6.07) is 14.5. The topological polar surface area (TPSA) is 46.6 Å². The lowest BCUT2D eigenvalue weighted by Crippen LogP contribution is -2.42. The second kappa shape index (κ2) is 6.87. The number of rotatable bonds is 3. The highest BCUT2D eigenvalue weighted by atomic mass is 16.5. The average Bonchev–Trinajstić information content (AvgIpc) is 2.59. The summed E-state index contributed by atoms with van der Waals surface area (Å²) in [6.07, 6.45) is 0. The molecule has 0 spiro atoms. The van der Waals surface area contributed by atoms with Crippen molar-refractivity contribution in [3.8, 4) is 11.1 Å². The van der Waals surface area contributed by atoms with Gasteiger partial charge in [0.15, 0.2) is 0 Å². The summed E-state index contributed by atoms with van der Waals surface area (Å²) in [5.74, 6) is -0.450. The number of methoxy groups -OCH3 is 1. The molecule has 0 aliphatic heterocycles. The van der Waals surface area contributed by atoms with Gasteiger partial charge in [-0.1, -0.05) is 30.3 Å². The van der Waals surface area contributed by atoms with E-state index in [1.54, 1.807) is 30.1 Å². The minimum atomic E-state index is -0.394. The van der Waals surface area contributed by atoms with Crippen molar-refractivity contribution in [2.24, 2.45) is 0 Å². The molecule has 0 atom stereocenters. The zero-order valence-electron chi connectivity index (χ0n) is 14.8. The number of carbonyl (C=O) groups is 2. The Morgan fingerprint density at radius 1 is 1.00 bits per heavy atom. The zero-order chi connectivity index (χ0) is 17.9. The second-order valence-electron chi connectivity index (χ2n) is 6.65. The third kappa shape index (κ3) is 3.65. The average molecular weight is 325 g/mol. The Labute approximate surface area is 143 Å². The maximum atomic E-state index is 12.7. The highest BCUT2D eigenvalue weighted by molar-refractivity contribution is 5.99. The van der Waals surface area contributed by atoms with Crippen LogP contribution in [0.3, 0.4) is 0 Å². The molecule has 2 aromatic rings. The third-order valence-electron chi connectivity index (χ3n) is 4.06. The molecule has 126 valence electrons. The summed E-state index contributed by atoms with van der Waals surface area (Å²) in [7, 11) is 3.15. The first kappa shape index (κ1) is 17.7. The Kier molecular flexibility index (Phi) is 5.07. The summed E-state index contributed by atoms with van der Waals surface area (Å²) in [5.41, 5.74) is 2.36. The van der Waals surface area contributed by atoms with Gasteiger partial charge in [-0.15, -0.1) is 0 Å². The summed E-state index contributed by atoms with van der Waals surface area (Å²) < 4.78 is 4.84. The van der Waals surface area contributed by atoms with Gasteiger partial charge in [0, 0.05) is 18.2 Å². The van der Waals surface area contributed by atoms with Gasteiger partial charge in [0.2, 0.25) is 0 Å². The third-order valence-corrected chi connectivity index (χ3v) is 4.06. The molecule has 1 amide bonds. The molecule has 24 heavy (non-hydrogen) atoms. The molecule has 0 heterocycles. The minimum Gasteiger partial charge on any atom is -0.465 e. The van der Waals surface area contributed by atoms with Crippen LogP contribution in [0.25, 0.3) is 11.1 Å². The fraction of sp³-hybridized carbons (Fsp3) is 0.300. The van der Waals surface area contributed by atoms with Crippen molar-refractivity contribution < 1.29 is 14.3 Å². The van der Waals surface area contributed by atoms with Crippen molar-refractivity contribution in [1.29, 1.82) is 0 Å². The Morgan fingerprint density at radius 3 is 2.29 bits per heavy atom. The zero-order valence-corrected chi connectivity index (χ0v) is 14.8. The van der Waals surface area contributed by atoms with Crippen molar-refractivity contribution in [2.75, 3.05) is 14.2 Å². The monoisotopic (exact) mass is 325 g/mol. The molecule has 0 saturated carbocycles. The molecule has 0 N–H and O–H groups in total. The van der Waals surface area contributed by atoms with Crippen LogP contribution in [-0.4, -0.2) is 36.5 Å². The van der Waals surface area contributed by atoms with Crippen molar-refractivity contribution in [2.45, 2.75) is 26.3 Å². The number of carbonyl (C=O) groups excluding carboxylic acids is 2. The molecule has 4 nitrogen and oxygen atoms in total. The predicted molar refractivity (Wildman–Crippen MR) is 95.1 cm³/mol. The van der Waals surface area contributed by atoms with E-state index in [4.69, 9.17) is 4.74 Å². The summed E-state index contributed by atoms with van der Waals surface area (Å²) in [5, 5.41) is 0. The number of amides is 1. The Bertz CT molecular complexity index is 759. The van der Waals surface area contributed by atoms with Crippen LogP contribution >= 0.6 is 0 Å². The molecule has 0 unspecified atom stereocenters. The van der Waals surface area contributed by atoms with Crippen LogP contribution in [0.4, 0.5) is 0 Å². The molecule has 0 aliphatic rings. The van der Waals surface area contributed by atoms with Crippen LogP contribution in [0.15, 0.2) is 48.5 Å². The van der Waals surface area contributed by atoms with Crippen LogP contribution in [0.2, 0.25) is 0 Å². The van der Waals surface area contributed by atoms with Gasteiger partial charge in [-0.05, 0) is 50.1 Å². The number of esters is 1. The van der Waals surface area contributed by atoms with Gasteiger partial charge in [0.25, 0.3) is 5.91 Å². The van der Waals surface area contributed by atoms with E-state index in [2.05, 4.69) is 0 Å². The maximum Gasteiger partial charge on any atom is 0.338 e. The van der Waals surface area contributed by atoms with E-state index in [9.17, 15) is 9.59 Å². The molecule has 0 aromatic heterocycles. The molecule has 4 heteroatoms. The standard InChI is InChI=1S/C20H23NO3/c1-20(2,3)21(4)18(22)15-10-8-9-14(13-15)16-11-6-7-12-17(16)19(23)24-5/h6-13H,1-5H3. The molecular weight excluding hydrogens is 302 g/mol. The normalized spacial score (nSPS) is 11.0. The largest absolute Gasteiger partial charge is 0.465 e. The lowest BCUT2D eigenvalue weighted by molar-refractivity contribution is 0.0600. The second-order valence-corrected chi connectivity index (χ2v) is 6.65. The first-order valence-corrected chi connectivity index (χ1v) is 7.81. The molecule has 0 fully saturated rings. The Balaban J connectivity index is 2.46. The maximum absolute atomic E-state index is 12.7. The van der Waals surface area contributed by atoms with Gasteiger partial charge in [-0.2, -0.15) is 0 Å². The van der Waals surface area contributed by atoms with Crippen LogP contribution in [0, 0.1) is 0 Å². The highest BCUT2D eigenvalue weighted by Crippen LogP contribution is 2.26. The summed E-state index contributed by atoms with van der Waals surface area (Å²) >= 11 is 0. The fourth-order valence-electron chi connectivity index (χ4n) is 2.34. The van der Waals surface area contributed by atoms with Gasteiger partial charge in [0.1, 0.15) is 0 Å².